The fourth-order valence-corrected chi connectivity index (χ4v) is 3.03. The number of likely N-dealkylation sites (N-methyl/N-ethyl adjacent to an activating group) is 1. The predicted molar refractivity (Wildman–Crippen MR) is 105 cm³/mol. The molecule has 0 unspecified atom stereocenters. The zero-order valence-electron chi connectivity index (χ0n) is 15.0. The molecule has 0 fully saturated rings. The van der Waals surface area contributed by atoms with Gasteiger partial charge in [0.25, 0.3) is 11.8 Å². The summed E-state index contributed by atoms with van der Waals surface area (Å²) >= 11 is 13.4. The lowest BCUT2D eigenvalue weighted by Gasteiger charge is -2.22. The second-order valence-electron chi connectivity index (χ2n) is 5.74. The number of amides is 2. The van der Waals surface area contributed by atoms with Crippen LogP contribution in [-0.4, -0.2) is 60.9 Å². The van der Waals surface area contributed by atoms with Crippen molar-refractivity contribution in [1.29, 1.82) is 0 Å². The fourth-order valence-electron chi connectivity index (χ4n) is 2.06. The summed E-state index contributed by atoms with van der Waals surface area (Å²) in [5, 5.41) is 3.21. The number of halogens is 2. The van der Waals surface area contributed by atoms with Crippen LogP contribution in [0.2, 0.25) is 10.0 Å². The number of thioether (sulfide) groups is 1. The van der Waals surface area contributed by atoms with Crippen LogP contribution in [0.25, 0.3) is 0 Å². The Balaban J connectivity index is 2.86. The minimum absolute atomic E-state index is 0.183. The molecule has 26 heavy (non-hydrogen) atoms. The van der Waals surface area contributed by atoms with Crippen LogP contribution in [0, 0.1) is 0 Å². The van der Waals surface area contributed by atoms with E-state index >= 15 is 0 Å². The monoisotopic (exact) mass is 420 g/mol. The van der Waals surface area contributed by atoms with Crippen LogP contribution >= 0.6 is 35.0 Å². The van der Waals surface area contributed by atoms with Crippen molar-refractivity contribution in [3.05, 3.63) is 33.8 Å². The molecule has 0 aliphatic heterocycles. The number of hydrogen-bond acceptors (Lipinski definition) is 5. The summed E-state index contributed by atoms with van der Waals surface area (Å²) in [5.41, 5.74) is 0.204. The van der Waals surface area contributed by atoms with Crippen LogP contribution < -0.4 is 5.32 Å². The van der Waals surface area contributed by atoms with E-state index in [9.17, 15) is 14.4 Å². The lowest BCUT2D eigenvalue weighted by Crippen LogP contribution is -2.45. The van der Waals surface area contributed by atoms with E-state index in [0.29, 0.717) is 17.2 Å². The highest BCUT2D eigenvalue weighted by atomic mass is 35.5. The van der Waals surface area contributed by atoms with Crippen molar-refractivity contribution < 1.29 is 19.1 Å². The molecule has 1 rings (SSSR count). The zero-order valence-corrected chi connectivity index (χ0v) is 17.4. The van der Waals surface area contributed by atoms with Crippen LogP contribution in [0.15, 0.2) is 18.2 Å². The average molecular weight is 421 g/mol. The van der Waals surface area contributed by atoms with Crippen LogP contribution in [0.3, 0.4) is 0 Å². The van der Waals surface area contributed by atoms with Gasteiger partial charge in [-0.3, -0.25) is 9.59 Å². The highest BCUT2D eigenvalue weighted by Gasteiger charge is 2.27. The number of benzene rings is 1. The molecule has 0 saturated carbocycles. The molecule has 0 spiro atoms. The van der Waals surface area contributed by atoms with Crippen molar-refractivity contribution in [1.82, 2.24) is 10.2 Å². The Morgan fingerprint density at radius 3 is 2.46 bits per heavy atom. The molecule has 1 aromatic carbocycles. The van der Waals surface area contributed by atoms with E-state index in [1.54, 1.807) is 14.1 Å². The lowest BCUT2D eigenvalue weighted by molar-refractivity contribution is -0.159. The third-order valence-electron chi connectivity index (χ3n) is 3.46. The van der Waals surface area contributed by atoms with Gasteiger partial charge in [-0.25, -0.2) is 4.79 Å². The first-order valence-electron chi connectivity index (χ1n) is 7.83. The molecule has 0 radical (unpaired) electrons. The Morgan fingerprint density at radius 1 is 1.27 bits per heavy atom. The standard InChI is InChI=1S/C17H22Cl2N2O4S/c1-10(16(23)21(2)3)25-17(24)14(7-8-26-4)20-15(22)12-6-5-11(18)9-13(12)19/h5-6,9-10,14H,7-8H2,1-4H3,(H,20,22)/t10-,14-/m0/s1. The highest BCUT2D eigenvalue weighted by Crippen LogP contribution is 2.21. The van der Waals surface area contributed by atoms with Gasteiger partial charge in [0.15, 0.2) is 6.10 Å². The average Bonchev–Trinajstić information content (AvgIpc) is 2.57. The molecule has 1 aromatic rings. The van der Waals surface area contributed by atoms with Crippen molar-refractivity contribution in [2.75, 3.05) is 26.1 Å². The molecular formula is C17H22Cl2N2O4S. The second-order valence-corrected chi connectivity index (χ2v) is 7.57. The number of hydrogen-bond donors (Lipinski definition) is 1. The van der Waals surface area contributed by atoms with Gasteiger partial charge >= 0.3 is 5.97 Å². The Kier molecular flexibility index (Phi) is 9.25. The van der Waals surface area contributed by atoms with Crippen molar-refractivity contribution >= 4 is 52.7 Å². The van der Waals surface area contributed by atoms with Gasteiger partial charge in [0.2, 0.25) is 0 Å². The number of nitrogens with one attached hydrogen (secondary N) is 1. The lowest BCUT2D eigenvalue weighted by atomic mass is 10.1. The van der Waals surface area contributed by atoms with Crippen LogP contribution in [-0.2, 0) is 14.3 Å². The number of nitrogens with zero attached hydrogens (tertiary/aromatic N) is 1. The van der Waals surface area contributed by atoms with E-state index in [4.69, 9.17) is 27.9 Å². The van der Waals surface area contributed by atoms with Gasteiger partial charge in [0.1, 0.15) is 6.04 Å². The normalized spacial score (nSPS) is 12.8. The summed E-state index contributed by atoms with van der Waals surface area (Å²) in [6, 6.07) is 3.58. The van der Waals surface area contributed by atoms with Gasteiger partial charge in [-0.05, 0) is 43.6 Å². The van der Waals surface area contributed by atoms with Gasteiger partial charge in [0.05, 0.1) is 10.6 Å². The van der Waals surface area contributed by atoms with Gasteiger partial charge in [-0.2, -0.15) is 11.8 Å². The van der Waals surface area contributed by atoms with E-state index < -0.39 is 24.0 Å². The molecule has 0 bridgehead atoms. The van der Waals surface area contributed by atoms with Crippen LogP contribution in [0.4, 0.5) is 0 Å². The SMILES string of the molecule is CSCC[C@H](NC(=O)c1ccc(Cl)cc1Cl)C(=O)O[C@@H](C)C(=O)N(C)C. The first-order chi connectivity index (χ1) is 12.2. The highest BCUT2D eigenvalue weighted by molar-refractivity contribution is 7.98. The maximum Gasteiger partial charge on any atom is 0.329 e. The largest absolute Gasteiger partial charge is 0.451 e. The van der Waals surface area contributed by atoms with E-state index in [2.05, 4.69) is 5.32 Å². The van der Waals surface area contributed by atoms with E-state index in [1.807, 2.05) is 6.26 Å². The fraction of sp³-hybridized carbons (Fsp3) is 0.471. The topological polar surface area (TPSA) is 75.7 Å². The maximum atomic E-state index is 12.5. The summed E-state index contributed by atoms with van der Waals surface area (Å²) < 4.78 is 5.21. The van der Waals surface area contributed by atoms with Gasteiger partial charge in [0, 0.05) is 19.1 Å². The maximum absolute atomic E-state index is 12.5. The summed E-state index contributed by atoms with van der Waals surface area (Å²) in [5.74, 6) is -0.889. The first-order valence-corrected chi connectivity index (χ1v) is 9.98. The Labute approximate surface area is 167 Å². The molecule has 9 heteroatoms. The third-order valence-corrected chi connectivity index (χ3v) is 4.65. The minimum atomic E-state index is -0.940. The van der Waals surface area contributed by atoms with Gasteiger partial charge in [-0.15, -0.1) is 0 Å². The summed E-state index contributed by atoms with van der Waals surface area (Å²) in [4.78, 5) is 38.1. The molecular weight excluding hydrogens is 399 g/mol. The Morgan fingerprint density at radius 2 is 1.92 bits per heavy atom. The van der Waals surface area contributed by atoms with E-state index in [1.165, 1.54) is 41.8 Å². The number of esters is 1. The molecule has 0 saturated heterocycles. The van der Waals surface area contributed by atoms with Crippen LogP contribution in [0.5, 0.6) is 0 Å². The van der Waals surface area contributed by atoms with Crippen molar-refractivity contribution in [2.45, 2.75) is 25.5 Å². The molecule has 2 atom stereocenters. The Bertz CT molecular complexity index is 670. The smallest absolute Gasteiger partial charge is 0.329 e. The number of carbonyl (C=O) groups excluding carboxylic acids is 3. The van der Waals surface area contributed by atoms with E-state index in [0.717, 1.165) is 0 Å². The predicted octanol–water partition coefficient (Wildman–Crippen LogP) is 2.86. The summed E-state index contributed by atoms with van der Waals surface area (Å²) in [7, 11) is 3.14. The van der Waals surface area contributed by atoms with E-state index in [-0.39, 0.29) is 16.5 Å². The summed E-state index contributed by atoms with van der Waals surface area (Å²) in [6.45, 7) is 1.49. The molecule has 144 valence electrons. The minimum Gasteiger partial charge on any atom is -0.451 e. The second kappa shape index (κ2) is 10.6. The summed E-state index contributed by atoms with van der Waals surface area (Å²) in [6.07, 6.45) is 1.31. The molecule has 0 aliphatic rings. The van der Waals surface area contributed by atoms with Crippen LogP contribution in [0.1, 0.15) is 23.7 Å². The van der Waals surface area contributed by atoms with Crippen molar-refractivity contribution in [3.63, 3.8) is 0 Å². The number of carbonyl (C=O) groups is 3. The van der Waals surface area contributed by atoms with Gasteiger partial charge < -0.3 is 15.0 Å². The zero-order chi connectivity index (χ0) is 19.9. The third kappa shape index (κ3) is 6.70. The Hall–Kier alpha value is -1.44. The molecule has 2 amide bonds. The van der Waals surface area contributed by atoms with Crippen molar-refractivity contribution in [3.8, 4) is 0 Å². The molecule has 0 aliphatic carbocycles. The number of ether oxygens (including phenoxy) is 1. The van der Waals surface area contributed by atoms with Gasteiger partial charge in [-0.1, -0.05) is 23.2 Å². The molecule has 0 aromatic heterocycles. The van der Waals surface area contributed by atoms with Crippen molar-refractivity contribution in [2.24, 2.45) is 0 Å². The first kappa shape index (κ1) is 22.6. The molecule has 0 heterocycles. The number of rotatable bonds is 8. The molecule has 1 N–H and O–H groups in total. The quantitative estimate of drug-likeness (QED) is 0.654. The molecule has 6 nitrogen and oxygen atoms in total.